The molecule has 3 aromatic carbocycles. The molecule has 0 aliphatic rings. The Bertz CT molecular complexity index is 882. The van der Waals surface area contributed by atoms with Gasteiger partial charge in [0, 0.05) is 0 Å². The Hall–Kier alpha value is -2.78. The summed E-state index contributed by atoms with van der Waals surface area (Å²) in [7, 11) is 0. The van der Waals surface area contributed by atoms with Gasteiger partial charge in [0.05, 0.1) is 10.7 Å². The Labute approximate surface area is 158 Å². The summed E-state index contributed by atoms with van der Waals surface area (Å²) in [4.78, 5) is 12.2. The number of anilines is 1. The van der Waals surface area contributed by atoms with E-state index in [2.05, 4.69) is 17.4 Å². The first-order valence-corrected chi connectivity index (χ1v) is 8.75. The summed E-state index contributed by atoms with van der Waals surface area (Å²) >= 11 is 6.22. The number of carbonyl (C=O) groups excluding carboxylic acids is 1. The van der Waals surface area contributed by atoms with Gasteiger partial charge in [-0.1, -0.05) is 60.1 Å². The number of amides is 1. The van der Waals surface area contributed by atoms with Gasteiger partial charge < -0.3 is 10.1 Å². The summed E-state index contributed by atoms with van der Waals surface area (Å²) in [6.07, 6.45) is 0. The Morgan fingerprint density at radius 1 is 0.962 bits per heavy atom. The zero-order chi connectivity index (χ0) is 18.5. The molecule has 26 heavy (non-hydrogen) atoms. The highest BCUT2D eigenvalue weighted by molar-refractivity contribution is 6.34. The Morgan fingerprint density at radius 2 is 1.62 bits per heavy atom. The van der Waals surface area contributed by atoms with Crippen LogP contribution in [0.15, 0.2) is 66.7 Å². The van der Waals surface area contributed by atoms with E-state index in [9.17, 15) is 4.79 Å². The van der Waals surface area contributed by atoms with E-state index in [4.69, 9.17) is 16.3 Å². The third-order valence-electron chi connectivity index (χ3n) is 4.03. The number of nitrogens with one attached hydrogen (secondary N) is 1. The molecule has 0 aliphatic carbocycles. The van der Waals surface area contributed by atoms with Crippen molar-refractivity contribution in [1.82, 2.24) is 0 Å². The molecule has 1 amide bonds. The third kappa shape index (κ3) is 4.44. The van der Waals surface area contributed by atoms with Crippen LogP contribution in [-0.4, -0.2) is 12.5 Å². The van der Waals surface area contributed by atoms with Gasteiger partial charge in [0.1, 0.15) is 5.75 Å². The van der Waals surface area contributed by atoms with Gasteiger partial charge in [-0.25, -0.2) is 0 Å². The number of carbonyl (C=O) groups is 1. The summed E-state index contributed by atoms with van der Waals surface area (Å²) in [5.74, 6) is 0.401. The molecule has 0 spiro atoms. The van der Waals surface area contributed by atoms with Crippen molar-refractivity contribution in [1.29, 1.82) is 0 Å². The number of hydrogen-bond donors (Lipinski definition) is 1. The van der Waals surface area contributed by atoms with Crippen LogP contribution in [0.2, 0.25) is 5.02 Å². The number of ether oxygens (including phenoxy) is 1. The maximum absolute atomic E-state index is 12.2. The van der Waals surface area contributed by atoms with E-state index >= 15 is 0 Å². The van der Waals surface area contributed by atoms with Crippen molar-refractivity contribution in [2.24, 2.45) is 0 Å². The smallest absolute Gasteiger partial charge is 0.262 e. The molecule has 0 unspecified atom stereocenters. The highest BCUT2D eigenvalue weighted by Gasteiger charge is 2.10. The van der Waals surface area contributed by atoms with Crippen molar-refractivity contribution >= 4 is 23.2 Å². The van der Waals surface area contributed by atoms with Gasteiger partial charge in [0.15, 0.2) is 6.61 Å². The summed E-state index contributed by atoms with van der Waals surface area (Å²) in [5, 5.41) is 3.35. The molecule has 0 atom stereocenters. The van der Waals surface area contributed by atoms with Crippen LogP contribution >= 0.6 is 11.6 Å². The molecule has 0 heterocycles. The zero-order valence-electron chi connectivity index (χ0n) is 14.8. The van der Waals surface area contributed by atoms with Gasteiger partial charge in [-0.05, 0) is 54.3 Å². The van der Waals surface area contributed by atoms with Crippen LogP contribution in [0.1, 0.15) is 11.1 Å². The number of halogens is 1. The van der Waals surface area contributed by atoms with Crippen LogP contribution in [0.25, 0.3) is 11.1 Å². The summed E-state index contributed by atoms with van der Waals surface area (Å²) in [5.41, 5.74) is 4.85. The molecule has 3 rings (SSSR count). The highest BCUT2D eigenvalue weighted by Crippen LogP contribution is 2.27. The molecule has 0 aliphatic heterocycles. The van der Waals surface area contributed by atoms with E-state index in [0.717, 1.165) is 22.3 Å². The second-order valence-electron chi connectivity index (χ2n) is 6.17. The van der Waals surface area contributed by atoms with Gasteiger partial charge >= 0.3 is 0 Å². The van der Waals surface area contributed by atoms with E-state index in [0.29, 0.717) is 16.5 Å². The first-order valence-electron chi connectivity index (χ1n) is 8.38. The van der Waals surface area contributed by atoms with Gasteiger partial charge in [0.25, 0.3) is 5.91 Å². The molecule has 3 aromatic rings. The minimum absolute atomic E-state index is 0.0751. The lowest BCUT2D eigenvalue weighted by Gasteiger charge is -2.12. The molecule has 0 aromatic heterocycles. The fourth-order valence-corrected chi connectivity index (χ4v) is 3.14. The van der Waals surface area contributed by atoms with Crippen molar-refractivity contribution in [2.45, 2.75) is 13.8 Å². The molecular formula is C22H20ClNO2. The number of hydrogen-bond acceptors (Lipinski definition) is 2. The molecule has 0 bridgehead atoms. The van der Waals surface area contributed by atoms with Gasteiger partial charge in [-0.2, -0.15) is 0 Å². The van der Waals surface area contributed by atoms with Crippen molar-refractivity contribution < 1.29 is 9.53 Å². The molecular weight excluding hydrogens is 346 g/mol. The molecule has 0 saturated carbocycles. The maximum Gasteiger partial charge on any atom is 0.262 e. The summed E-state index contributed by atoms with van der Waals surface area (Å²) in [6, 6.07) is 21.6. The normalized spacial score (nSPS) is 10.4. The Morgan fingerprint density at radius 3 is 2.27 bits per heavy atom. The van der Waals surface area contributed by atoms with Gasteiger partial charge in [0.2, 0.25) is 0 Å². The minimum atomic E-state index is -0.244. The highest BCUT2D eigenvalue weighted by atomic mass is 35.5. The van der Waals surface area contributed by atoms with E-state index in [-0.39, 0.29) is 12.5 Å². The second-order valence-corrected chi connectivity index (χ2v) is 6.57. The molecule has 132 valence electrons. The van der Waals surface area contributed by atoms with Gasteiger partial charge in [-0.15, -0.1) is 0 Å². The van der Waals surface area contributed by atoms with Crippen LogP contribution in [0.4, 0.5) is 5.69 Å². The average Bonchev–Trinajstić information content (AvgIpc) is 2.64. The lowest BCUT2D eigenvalue weighted by atomic mass is 10.1. The van der Waals surface area contributed by atoms with Crippen molar-refractivity contribution in [3.63, 3.8) is 0 Å². The Kier molecular flexibility index (Phi) is 5.59. The Balaban J connectivity index is 1.60. The first-order chi connectivity index (χ1) is 12.5. The molecule has 0 fully saturated rings. The predicted molar refractivity (Wildman–Crippen MR) is 107 cm³/mol. The second kappa shape index (κ2) is 8.07. The molecule has 1 N–H and O–H groups in total. The lowest BCUT2D eigenvalue weighted by molar-refractivity contribution is -0.118. The maximum atomic E-state index is 12.2. The quantitative estimate of drug-likeness (QED) is 0.635. The third-order valence-corrected chi connectivity index (χ3v) is 4.33. The monoisotopic (exact) mass is 365 g/mol. The van der Waals surface area contributed by atoms with Crippen molar-refractivity contribution in [3.8, 4) is 16.9 Å². The molecule has 4 heteroatoms. The van der Waals surface area contributed by atoms with E-state index in [1.807, 2.05) is 68.4 Å². The first kappa shape index (κ1) is 18.0. The van der Waals surface area contributed by atoms with E-state index in [1.54, 1.807) is 0 Å². The summed E-state index contributed by atoms with van der Waals surface area (Å²) < 4.78 is 5.58. The van der Waals surface area contributed by atoms with Crippen LogP contribution in [0.3, 0.4) is 0 Å². The van der Waals surface area contributed by atoms with Crippen molar-refractivity contribution in [3.05, 3.63) is 82.9 Å². The fraction of sp³-hybridized carbons (Fsp3) is 0.136. The standard InChI is InChI=1S/C22H20ClNO2/c1-15-12-16(2)22(20(23)13-15)24-21(25)14-26-19-10-8-18(9-11-19)17-6-4-3-5-7-17/h3-13H,14H2,1-2H3,(H,24,25). The number of rotatable bonds is 5. The predicted octanol–water partition coefficient (Wildman–Crippen LogP) is 5.64. The molecule has 3 nitrogen and oxygen atoms in total. The molecule has 0 saturated heterocycles. The van der Waals surface area contributed by atoms with Gasteiger partial charge in [-0.3, -0.25) is 4.79 Å². The van der Waals surface area contributed by atoms with Crippen LogP contribution in [0.5, 0.6) is 5.75 Å². The van der Waals surface area contributed by atoms with E-state index in [1.165, 1.54) is 0 Å². The van der Waals surface area contributed by atoms with Crippen LogP contribution < -0.4 is 10.1 Å². The number of aryl methyl sites for hydroxylation is 2. The molecule has 0 radical (unpaired) electrons. The zero-order valence-corrected chi connectivity index (χ0v) is 15.5. The topological polar surface area (TPSA) is 38.3 Å². The summed E-state index contributed by atoms with van der Waals surface area (Å²) in [6.45, 7) is 3.80. The van der Waals surface area contributed by atoms with E-state index < -0.39 is 0 Å². The lowest BCUT2D eigenvalue weighted by Crippen LogP contribution is -2.21. The van der Waals surface area contributed by atoms with Crippen LogP contribution in [-0.2, 0) is 4.79 Å². The van der Waals surface area contributed by atoms with Crippen molar-refractivity contribution in [2.75, 3.05) is 11.9 Å². The number of benzene rings is 3. The van der Waals surface area contributed by atoms with Crippen LogP contribution in [0, 0.1) is 13.8 Å². The SMILES string of the molecule is Cc1cc(C)c(NC(=O)COc2ccc(-c3ccccc3)cc2)c(Cl)c1. The minimum Gasteiger partial charge on any atom is -0.484 e. The average molecular weight is 366 g/mol. The largest absolute Gasteiger partial charge is 0.484 e. The fourth-order valence-electron chi connectivity index (χ4n) is 2.77.